The van der Waals surface area contributed by atoms with Gasteiger partial charge in [-0.3, -0.25) is 4.79 Å². The van der Waals surface area contributed by atoms with E-state index in [0.29, 0.717) is 0 Å². The molecule has 0 heterocycles. The Morgan fingerprint density at radius 1 is 1.50 bits per heavy atom. The zero-order valence-electron chi connectivity index (χ0n) is 7.19. The van der Waals surface area contributed by atoms with E-state index in [0.717, 1.165) is 16.4 Å². The third kappa shape index (κ3) is 1.80. The molecule has 2 rings (SSSR count). The van der Waals surface area contributed by atoms with E-state index in [-0.39, 0.29) is 22.3 Å². The number of carbonyl (C=O) groups excluding carboxylic acids is 1. The summed E-state index contributed by atoms with van der Waals surface area (Å²) in [6.07, 6.45) is 1.72. The van der Waals surface area contributed by atoms with Gasteiger partial charge < -0.3 is 0 Å². The summed E-state index contributed by atoms with van der Waals surface area (Å²) >= 11 is 7.89. The van der Waals surface area contributed by atoms with Crippen LogP contribution in [0.3, 0.4) is 0 Å². The molecule has 0 radical (unpaired) electrons. The summed E-state index contributed by atoms with van der Waals surface area (Å²) in [5.74, 6) is -0.654. The normalized spacial score (nSPS) is 15.6. The summed E-state index contributed by atoms with van der Waals surface area (Å²) < 4.78 is 14.1. The Morgan fingerprint density at radius 2 is 2.14 bits per heavy atom. The molecule has 0 aromatic heterocycles. The number of benzene rings is 1. The molecule has 0 N–H and O–H groups in total. The predicted octanol–water partition coefficient (Wildman–Crippen LogP) is 3.68. The first-order valence-corrected chi connectivity index (χ1v) is 5.74. The SMILES string of the molecule is O=C(c1c(F)ccc(I)c1Cl)C1CC1. The van der Waals surface area contributed by atoms with Gasteiger partial charge in [0.2, 0.25) is 0 Å². The molecule has 1 aliphatic rings. The second-order valence-corrected chi connectivity index (χ2v) is 4.90. The van der Waals surface area contributed by atoms with Crippen molar-refractivity contribution in [1.29, 1.82) is 0 Å². The molecule has 0 spiro atoms. The molecule has 1 aliphatic carbocycles. The highest BCUT2D eigenvalue weighted by atomic mass is 127. The molecule has 0 amide bonds. The third-order valence-electron chi connectivity index (χ3n) is 2.24. The lowest BCUT2D eigenvalue weighted by atomic mass is 10.1. The molecule has 14 heavy (non-hydrogen) atoms. The molecule has 1 nitrogen and oxygen atoms in total. The summed E-state index contributed by atoms with van der Waals surface area (Å²) in [7, 11) is 0. The van der Waals surface area contributed by atoms with Crippen LogP contribution in [0.25, 0.3) is 0 Å². The first-order valence-electron chi connectivity index (χ1n) is 4.29. The second kappa shape index (κ2) is 3.77. The van der Waals surface area contributed by atoms with Gasteiger partial charge in [-0.05, 0) is 47.6 Å². The van der Waals surface area contributed by atoms with Gasteiger partial charge in [-0.25, -0.2) is 4.39 Å². The highest BCUT2D eigenvalue weighted by molar-refractivity contribution is 14.1. The molecule has 0 unspecified atom stereocenters. The van der Waals surface area contributed by atoms with Crippen molar-refractivity contribution in [2.75, 3.05) is 0 Å². The number of halogens is 3. The van der Waals surface area contributed by atoms with Crippen molar-refractivity contribution in [3.8, 4) is 0 Å². The van der Waals surface area contributed by atoms with E-state index in [9.17, 15) is 9.18 Å². The largest absolute Gasteiger partial charge is 0.294 e. The van der Waals surface area contributed by atoms with E-state index >= 15 is 0 Å². The Kier molecular flexibility index (Phi) is 2.79. The van der Waals surface area contributed by atoms with Gasteiger partial charge in [0.25, 0.3) is 0 Å². The standard InChI is InChI=1S/C10H7ClFIO/c11-9-7(13)4-3-6(12)8(9)10(14)5-1-2-5/h3-5H,1-2H2. The highest BCUT2D eigenvalue weighted by Gasteiger charge is 2.33. The zero-order chi connectivity index (χ0) is 10.3. The molecule has 74 valence electrons. The van der Waals surface area contributed by atoms with Crippen molar-refractivity contribution in [3.05, 3.63) is 32.1 Å². The average Bonchev–Trinajstić information content (AvgIpc) is 2.95. The number of ketones is 1. The van der Waals surface area contributed by atoms with Crippen molar-refractivity contribution < 1.29 is 9.18 Å². The van der Waals surface area contributed by atoms with E-state index in [1.165, 1.54) is 6.07 Å². The fraction of sp³-hybridized carbons (Fsp3) is 0.300. The van der Waals surface area contributed by atoms with E-state index < -0.39 is 5.82 Å². The van der Waals surface area contributed by atoms with Crippen LogP contribution in [0.4, 0.5) is 4.39 Å². The molecule has 1 fully saturated rings. The van der Waals surface area contributed by atoms with Crippen molar-refractivity contribution in [2.24, 2.45) is 5.92 Å². The zero-order valence-corrected chi connectivity index (χ0v) is 10.1. The van der Waals surface area contributed by atoms with Gasteiger partial charge >= 0.3 is 0 Å². The first-order chi connectivity index (χ1) is 6.61. The lowest BCUT2D eigenvalue weighted by Gasteiger charge is -2.05. The quantitative estimate of drug-likeness (QED) is 0.461. The predicted molar refractivity (Wildman–Crippen MR) is 61.2 cm³/mol. The number of Topliss-reactive ketones (excluding diaryl/α,β-unsaturated/α-hetero) is 1. The maximum absolute atomic E-state index is 13.4. The van der Waals surface area contributed by atoms with Crippen LogP contribution in [0.15, 0.2) is 12.1 Å². The third-order valence-corrected chi connectivity index (χ3v) is 3.85. The minimum atomic E-state index is -0.507. The van der Waals surface area contributed by atoms with Gasteiger partial charge in [-0.1, -0.05) is 11.6 Å². The fourth-order valence-electron chi connectivity index (χ4n) is 1.30. The number of hydrogen-bond donors (Lipinski definition) is 0. The number of hydrogen-bond acceptors (Lipinski definition) is 1. The Morgan fingerprint density at radius 3 is 2.71 bits per heavy atom. The lowest BCUT2D eigenvalue weighted by molar-refractivity contribution is 0.0964. The van der Waals surface area contributed by atoms with E-state index in [2.05, 4.69) is 0 Å². The minimum Gasteiger partial charge on any atom is -0.294 e. The molecule has 4 heteroatoms. The van der Waals surface area contributed by atoms with Gasteiger partial charge in [0, 0.05) is 9.49 Å². The summed E-state index contributed by atoms with van der Waals surface area (Å²) in [5, 5.41) is 0.252. The maximum atomic E-state index is 13.4. The molecule has 1 aromatic carbocycles. The Labute approximate surface area is 99.8 Å². The molecular weight excluding hydrogens is 317 g/mol. The van der Waals surface area contributed by atoms with Crippen molar-refractivity contribution in [1.82, 2.24) is 0 Å². The van der Waals surface area contributed by atoms with Gasteiger partial charge in [0.1, 0.15) is 5.82 Å². The van der Waals surface area contributed by atoms with Crippen molar-refractivity contribution in [3.63, 3.8) is 0 Å². The van der Waals surface area contributed by atoms with Crippen LogP contribution in [0.2, 0.25) is 5.02 Å². The van der Waals surface area contributed by atoms with Crippen LogP contribution in [-0.2, 0) is 0 Å². The monoisotopic (exact) mass is 324 g/mol. The molecule has 1 saturated carbocycles. The summed E-state index contributed by atoms with van der Waals surface area (Å²) in [6, 6.07) is 2.87. The fourth-order valence-corrected chi connectivity index (χ4v) is 2.00. The number of carbonyl (C=O) groups is 1. The van der Waals surface area contributed by atoms with Crippen LogP contribution in [0, 0.1) is 15.3 Å². The Hall–Kier alpha value is -0.160. The highest BCUT2D eigenvalue weighted by Crippen LogP contribution is 2.36. The molecule has 0 aliphatic heterocycles. The molecule has 0 atom stereocenters. The molecule has 0 saturated heterocycles. The molecule has 0 bridgehead atoms. The van der Waals surface area contributed by atoms with E-state index in [4.69, 9.17) is 11.6 Å². The van der Waals surface area contributed by atoms with Crippen LogP contribution in [0.1, 0.15) is 23.2 Å². The summed E-state index contributed by atoms with van der Waals surface area (Å²) in [4.78, 5) is 11.7. The molecular formula is C10H7ClFIO. The second-order valence-electron chi connectivity index (χ2n) is 3.36. The van der Waals surface area contributed by atoms with Gasteiger partial charge in [-0.2, -0.15) is 0 Å². The van der Waals surface area contributed by atoms with Crippen LogP contribution >= 0.6 is 34.2 Å². The van der Waals surface area contributed by atoms with Crippen LogP contribution in [-0.4, -0.2) is 5.78 Å². The van der Waals surface area contributed by atoms with E-state index in [1.807, 2.05) is 22.6 Å². The van der Waals surface area contributed by atoms with Crippen LogP contribution in [0.5, 0.6) is 0 Å². The molecule has 1 aromatic rings. The smallest absolute Gasteiger partial charge is 0.170 e. The lowest BCUT2D eigenvalue weighted by Crippen LogP contribution is -2.06. The maximum Gasteiger partial charge on any atom is 0.170 e. The van der Waals surface area contributed by atoms with E-state index in [1.54, 1.807) is 6.07 Å². The van der Waals surface area contributed by atoms with Gasteiger partial charge in [0.15, 0.2) is 5.78 Å². The number of rotatable bonds is 2. The van der Waals surface area contributed by atoms with Gasteiger partial charge in [-0.15, -0.1) is 0 Å². The van der Waals surface area contributed by atoms with Crippen LogP contribution < -0.4 is 0 Å². The Bertz CT molecular complexity index is 401. The minimum absolute atomic E-state index is 0.000185. The summed E-state index contributed by atoms with van der Waals surface area (Å²) in [5.41, 5.74) is 0.0704. The summed E-state index contributed by atoms with van der Waals surface area (Å²) in [6.45, 7) is 0. The average molecular weight is 325 g/mol. The van der Waals surface area contributed by atoms with Gasteiger partial charge in [0.05, 0.1) is 10.6 Å². The Balaban J connectivity index is 2.49. The first kappa shape index (κ1) is 10.4. The topological polar surface area (TPSA) is 17.1 Å². The van der Waals surface area contributed by atoms with Crippen molar-refractivity contribution >= 4 is 40.0 Å². The van der Waals surface area contributed by atoms with Crippen molar-refractivity contribution in [2.45, 2.75) is 12.8 Å².